The lowest BCUT2D eigenvalue weighted by Crippen LogP contribution is -2.33. The Hall–Kier alpha value is -1.83. The molecule has 1 aliphatic rings. The van der Waals surface area contributed by atoms with Crippen LogP contribution in [-0.2, 0) is 14.3 Å². The number of carbonyl (C=O) groups excluding carboxylic acids is 2. The summed E-state index contributed by atoms with van der Waals surface area (Å²) in [6.07, 6.45) is 1.53. The first-order valence-electron chi connectivity index (χ1n) is 6.71. The Labute approximate surface area is 154 Å². The fourth-order valence-corrected chi connectivity index (χ4v) is 3.03. The summed E-state index contributed by atoms with van der Waals surface area (Å²) in [6.45, 7) is -0.187. The molecule has 0 saturated carbocycles. The third-order valence-electron chi connectivity index (χ3n) is 3.38. The lowest BCUT2D eigenvalue weighted by atomic mass is 10.1. The molecule has 1 amide bonds. The lowest BCUT2D eigenvalue weighted by molar-refractivity contribution is -0.140. The molecule has 0 atom stereocenters. The number of nitrogens with zero attached hydrogens (tertiary/aromatic N) is 2. The number of esters is 1. The highest BCUT2D eigenvalue weighted by Crippen LogP contribution is 2.35. The minimum Gasteiger partial charge on any atom is -0.495 e. The third-order valence-corrected chi connectivity index (χ3v) is 4.37. The van der Waals surface area contributed by atoms with Crippen LogP contribution in [0.3, 0.4) is 0 Å². The van der Waals surface area contributed by atoms with Crippen molar-refractivity contribution in [1.29, 1.82) is 0 Å². The van der Waals surface area contributed by atoms with Gasteiger partial charge in [-0.25, -0.2) is 0 Å². The Morgan fingerprint density at radius 1 is 1.33 bits per heavy atom. The molecule has 0 spiro atoms. The monoisotopic (exact) mass is 388 g/mol. The van der Waals surface area contributed by atoms with Crippen LogP contribution in [0, 0.1) is 0 Å². The number of halogens is 2. The number of likely N-dealkylation sites (N-methyl/N-ethyl adjacent to an activating group) is 1. The molecular formula is C15H14Cl2N2O4S. The standard InChI is InChI=1S/C15H14Cl2N2O4S/c1-18-14(21)11(19(15(18)24)7-12(20)22-2)5-8-4-9(16)6-10(17)13(8)23-3/h4-6H,7H2,1-3H3. The van der Waals surface area contributed by atoms with Crippen molar-refractivity contribution in [3.8, 4) is 5.75 Å². The summed E-state index contributed by atoms with van der Waals surface area (Å²) in [5.41, 5.74) is 0.691. The second kappa shape index (κ2) is 7.38. The average molecular weight is 389 g/mol. The van der Waals surface area contributed by atoms with Gasteiger partial charge in [-0.05, 0) is 30.4 Å². The maximum atomic E-state index is 12.4. The first-order chi connectivity index (χ1) is 11.3. The summed E-state index contributed by atoms with van der Waals surface area (Å²) in [6, 6.07) is 3.13. The van der Waals surface area contributed by atoms with Crippen LogP contribution in [0.25, 0.3) is 6.08 Å². The molecule has 1 fully saturated rings. The van der Waals surface area contributed by atoms with Gasteiger partial charge >= 0.3 is 5.97 Å². The molecule has 1 aromatic rings. The van der Waals surface area contributed by atoms with Gasteiger partial charge in [0.05, 0.1) is 19.2 Å². The number of benzene rings is 1. The molecule has 0 N–H and O–H groups in total. The van der Waals surface area contributed by atoms with Crippen molar-refractivity contribution in [1.82, 2.24) is 9.80 Å². The van der Waals surface area contributed by atoms with E-state index < -0.39 is 5.97 Å². The van der Waals surface area contributed by atoms with Crippen LogP contribution in [0.1, 0.15) is 5.56 Å². The molecule has 6 nitrogen and oxygen atoms in total. The van der Waals surface area contributed by atoms with Gasteiger partial charge in [0, 0.05) is 17.6 Å². The summed E-state index contributed by atoms with van der Waals surface area (Å²) in [4.78, 5) is 26.7. The summed E-state index contributed by atoms with van der Waals surface area (Å²) < 4.78 is 9.91. The minimum atomic E-state index is -0.526. The maximum absolute atomic E-state index is 12.4. The molecular weight excluding hydrogens is 375 g/mol. The van der Waals surface area contributed by atoms with E-state index in [1.165, 1.54) is 43.2 Å². The van der Waals surface area contributed by atoms with Crippen molar-refractivity contribution < 1.29 is 19.1 Å². The van der Waals surface area contributed by atoms with E-state index in [0.29, 0.717) is 21.4 Å². The SMILES string of the molecule is COC(=O)CN1C(=S)N(C)C(=O)C1=Cc1cc(Cl)cc(Cl)c1OC. The zero-order valence-corrected chi connectivity index (χ0v) is 15.5. The van der Waals surface area contributed by atoms with E-state index in [0.717, 1.165) is 0 Å². The highest BCUT2D eigenvalue weighted by Gasteiger charge is 2.37. The van der Waals surface area contributed by atoms with E-state index >= 15 is 0 Å². The van der Waals surface area contributed by atoms with Crippen molar-refractivity contribution in [2.45, 2.75) is 0 Å². The van der Waals surface area contributed by atoms with Crippen molar-refractivity contribution in [2.75, 3.05) is 27.8 Å². The van der Waals surface area contributed by atoms with Gasteiger partial charge in [0.2, 0.25) is 0 Å². The quantitative estimate of drug-likeness (QED) is 0.448. The van der Waals surface area contributed by atoms with Gasteiger partial charge < -0.3 is 14.4 Å². The zero-order chi connectivity index (χ0) is 18.0. The van der Waals surface area contributed by atoms with Gasteiger partial charge in [-0.1, -0.05) is 23.2 Å². The van der Waals surface area contributed by atoms with E-state index in [1.807, 2.05) is 0 Å². The molecule has 128 valence electrons. The van der Waals surface area contributed by atoms with E-state index in [1.54, 1.807) is 6.07 Å². The van der Waals surface area contributed by atoms with Crippen LogP contribution in [0.4, 0.5) is 0 Å². The zero-order valence-electron chi connectivity index (χ0n) is 13.1. The molecule has 0 aliphatic carbocycles. The van der Waals surface area contributed by atoms with E-state index in [2.05, 4.69) is 4.74 Å². The molecule has 1 aromatic carbocycles. The van der Waals surface area contributed by atoms with Crippen LogP contribution in [0.15, 0.2) is 17.8 Å². The maximum Gasteiger partial charge on any atom is 0.325 e. The highest BCUT2D eigenvalue weighted by molar-refractivity contribution is 7.80. The molecule has 2 rings (SSSR count). The van der Waals surface area contributed by atoms with Crippen LogP contribution >= 0.6 is 35.4 Å². The normalized spacial score (nSPS) is 16.1. The molecule has 1 heterocycles. The molecule has 24 heavy (non-hydrogen) atoms. The van der Waals surface area contributed by atoms with Crippen LogP contribution < -0.4 is 4.74 Å². The molecule has 0 unspecified atom stereocenters. The van der Waals surface area contributed by atoms with Gasteiger partial charge in [-0.2, -0.15) is 0 Å². The summed E-state index contributed by atoms with van der Waals surface area (Å²) in [7, 11) is 4.24. The number of rotatable bonds is 4. The van der Waals surface area contributed by atoms with E-state index in [4.69, 9.17) is 40.2 Å². The smallest absolute Gasteiger partial charge is 0.325 e. The minimum absolute atomic E-state index is 0.187. The second-order valence-corrected chi connectivity index (χ2v) is 6.06. The van der Waals surface area contributed by atoms with Gasteiger partial charge in [0.15, 0.2) is 5.11 Å². The molecule has 0 radical (unpaired) electrons. The van der Waals surface area contributed by atoms with Crippen molar-refractivity contribution >= 4 is 58.5 Å². The first kappa shape index (κ1) is 18.5. The number of ether oxygens (including phenoxy) is 2. The van der Waals surface area contributed by atoms with Gasteiger partial charge in [0.1, 0.15) is 18.0 Å². The molecule has 0 aromatic heterocycles. The fraction of sp³-hybridized carbons (Fsp3) is 0.267. The van der Waals surface area contributed by atoms with Crippen LogP contribution in [0.2, 0.25) is 10.0 Å². The summed E-state index contributed by atoms with van der Waals surface area (Å²) >= 11 is 17.3. The fourth-order valence-electron chi connectivity index (χ4n) is 2.19. The second-order valence-electron chi connectivity index (χ2n) is 4.85. The number of hydrogen-bond donors (Lipinski definition) is 0. The first-order valence-corrected chi connectivity index (χ1v) is 7.87. The molecule has 9 heteroatoms. The number of carbonyl (C=O) groups is 2. The number of hydrogen-bond acceptors (Lipinski definition) is 5. The molecule has 1 saturated heterocycles. The Morgan fingerprint density at radius 2 is 2.00 bits per heavy atom. The molecule has 1 aliphatic heterocycles. The topological polar surface area (TPSA) is 59.1 Å². The van der Waals surface area contributed by atoms with Crippen LogP contribution in [-0.4, -0.2) is 54.6 Å². The van der Waals surface area contributed by atoms with Crippen molar-refractivity contribution in [2.24, 2.45) is 0 Å². The number of amides is 1. The predicted molar refractivity (Wildman–Crippen MR) is 95.1 cm³/mol. The Kier molecular flexibility index (Phi) is 5.69. The number of methoxy groups -OCH3 is 2. The number of thiocarbonyl (C=S) groups is 1. The van der Waals surface area contributed by atoms with E-state index in [9.17, 15) is 9.59 Å². The Balaban J connectivity index is 2.54. The summed E-state index contributed by atoms with van der Waals surface area (Å²) in [5.74, 6) is -0.524. The Bertz CT molecular complexity index is 751. The third kappa shape index (κ3) is 3.48. The highest BCUT2D eigenvalue weighted by atomic mass is 35.5. The van der Waals surface area contributed by atoms with Crippen molar-refractivity contribution in [3.05, 3.63) is 33.4 Å². The molecule has 0 bridgehead atoms. The van der Waals surface area contributed by atoms with Gasteiger partial charge in [-0.3, -0.25) is 14.5 Å². The largest absolute Gasteiger partial charge is 0.495 e. The van der Waals surface area contributed by atoms with Crippen molar-refractivity contribution in [3.63, 3.8) is 0 Å². The van der Waals surface area contributed by atoms with E-state index in [-0.39, 0.29) is 23.3 Å². The average Bonchev–Trinajstić information content (AvgIpc) is 2.72. The predicted octanol–water partition coefficient (Wildman–Crippen LogP) is 2.57. The van der Waals surface area contributed by atoms with Gasteiger partial charge in [0.25, 0.3) is 5.91 Å². The summed E-state index contributed by atoms with van der Waals surface area (Å²) in [5, 5.41) is 0.884. The van der Waals surface area contributed by atoms with Gasteiger partial charge in [-0.15, -0.1) is 0 Å². The van der Waals surface area contributed by atoms with Crippen LogP contribution in [0.5, 0.6) is 5.75 Å². The lowest BCUT2D eigenvalue weighted by Gasteiger charge is -2.17. The Morgan fingerprint density at radius 3 is 2.58 bits per heavy atom.